The number of aromatic nitrogens is 1. The summed E-state index contributed by atoms with van der Waals surface area (Å²) in [7, 11) is 1.67. The molecule has 2 aliphatic heterocycles. The predicted molar refractivity (Wildman–Crippen MR) is 114 cm³/mol. The fraction of sp³-hybridized carbons (Fsp3) is 0.250. The summed E-state index contributed by atoms with van der Waals surface area (Å²) in [5.74, 6) is 2.39. The molecule has 5 rings (SSSR count). The Bertz CT molecular complexity index is 1070. The molecule has 152 valence electrons. The second kappa shape index (κ2) is 7.71. The number of hydrazone groups is 1. The van der Waals surface area contributed by atoms with E-state index in [-0.39, 0.29) is 12.3 Å². The number of para-hydroxylation sites is 1. The van der Waals surface area contributed by atoms with Crippen molar-refractivity contribution in [3.63, 3.8) is 0 Å². The molecule has 2 aliphatic rings. The van der Waals surface area contributed by atoms with Gasteiger partial charge in [0.1, 0.15) is 5.75 Å². The summed E-state index contributed by atoms with van der Waals surface area (Å²) in [4.78, 5) is 4.28. The van der Waals surface area contributed by atoms with E-state index in [1.54, 1.807) is 13.3 Å². The van der Waals surface area contributed by atoms with Gasteiger partial charge >= 0.3 is 0 Å². The van der Waals surface area contributed by atoms with Crippen LogP contribution in [0.5, 0.6) is 17.2 Å². The Kier molecular flexibility index (Phi) is 4.75. The number of rotatable bonds is 5. The average Bonchev–Trinajstić information content (AvgIpc) is 3.25. The van der Waals surface area contributed by atoms with Gasteiger partial charge in [0.15, 0.2) is 11.5 Å². The van der Waals surface area contributed by atoms with Crippen molar-refractivity contribution >= 4 is 5.71 Å². The Labute approximate surface area is 175 Å². The Balaban J connectivity index is 1.58. The van der Waals surface area contributed by atoms with Crippen LogP contribution in [0.4, 0.5) is 0 Å². The smallest absolute Gasteiger partial charge is 0.215 e. The summed E-state index contributed by atoms with van der Waals surface area (Å²) in [6, 6.07) is 18.1. The lowest BCUT2D eigenvalue weighted by Crippen LogP contribution is -2.34. The van der Waals surface area contributed by atoms with E-state index in [2.05, 4.69) is 16.1 Å². The first-order valence-electron chi connectivity index (χ1n) is 10.1. The molecule has 0 bridgehead atoms. The summed E-state index contributed by atoms with van der Waals surface area (Å²) in [6.07, 6.45) is 4.01. The van der Waals surface area contributed by atoms with Gasteiger partial charge < -0.3 is 14.2 Å². The van der Waals surface area contributed by atoms with Gasteiger partial charge in [0, 0.05) is 29.9 Å². The molecule has 6 nitrogen and oxygen atoms in total. The number of fused-ring (bicyclic) bond motifs is 3. The standard InChI is InChI=1S/C24H23N3O3/c1-3-29-22-8-4-7-19-21-14-20(16-9-11-18(28-2)12-10-16)26-27(21)24(30-23(19)22)17-6-5-13-25-15-17/h4-13,15,21,24H,3,14H2,1-2H3/t21-,24-/m0/s1. The van der Waals surface area contributed by atoms with Gasteiger partial charge in [-0.1, -0.05) is 18.2 Å². The van der Waals surface area contributed by atoms with Gasteiger partial charge in [0.25, 0.3) is 0 Å². The Hall–Kier alpha value is -3.54. The lowest BCUT2D eigenvalue weighted by Gasteiger charge is -2.38. The van der Waals surface area contributed by atoms with E-state index < -0.39 is 0 Å². The lowest BCUT2D eigenvalue weighted by molar-refractivity contribution is -0.0214. The number of ether oxygens (including phenoxy) is 3. The Morgan fingerprint density at radius 2 is 1.97 bits per heavy atom. The highest BCUT2D eigenvalue weighted by atomic mass is 16.5. The Morgan fingerprint density at radius 1 is 1.10 bits per heavy atom. The van der Waals surface area contributed by atoms with Crippen LogP contribution < -0.4 is 14.2 Å². The van der Waals surface area contributed by atoms with Crippen molar-refractivity contribution in [2.75, 3.05) is 13.7 Å². The molecule has 0 fully saturated rings. The molecular formula is C24H23N3O3. The van der Waals surface area contributed by atoms with Gasteiger partial charge in [0.05, 0.1) is 25.5 Å². The first-order chi connectivity index (χ1) is 14.8. The highest BCUT2D eigenvalue weighted by Crippen LogP contribution is 2.50. The van der Waals surface area contributed by atoms with Crippen LogP contribution in [0.25, 0.3) is 0 Å². The SMILES string of the molecule is CCOc1cccc2c1O[C@@H](c1cccnc1)N1N=C(c3ccc(OC)cc3)C[C@@H]21. The van der Waals surface area contributed by atoms with Crippen LogP contribution in [0.3, 0.4) is 0 Å². The van der Waals surface area contributed by atoms with Crippen molar-refractivity contribution in [2.45, 2.75) is 25.6 Å². The minimum Gasteiger partial charge on any atom is -0.497 e. The molecule has 1 aromatic heterocycles. The van der Waals surface area contributed by atoms with E-state index in [1.807, 2.05) is 61.7 Å². The lowest BCUT2D eigenvalue weighted by atomic mass is 9.95. The summed E-state index contributed by atoms with van der Waals surface area (Å²) >= 11 is 0. The summed E-state index contributed by atoms with van der Waals surface area (Å²) in [6.45, 7) is 2.56. The van der Waals surface area contributed by atoms with Crippen molar-refractivity contribution in [1.82, 2.24) is 9.99 Å². The number of methoxy groups -OCH3 is 1. The second-order valence-electron chi connectivity index (χ2n) is 7.24. The zero-order chi connectivity index (χ0) is 20.5. The fourth-order valence-electron chi connectivity index (χ4n) is 4.05. The van der Waals surface area contributed by atoms with Crippen LogP contribution in [-0.4, -0.2) is 29.4 Å². The zero-order valence-electron chi connectivity index (χ0n) is 17.0. The minimum atomic E-state index is -0.367. The summed E-state index contributed by atoms with van der Waals surface area (Å²) in [5.41, 5.74) is 4.15. The number of pyridine rings is 1. The van der Waals surface area contributed by atoms with Crippen LogP contribution in [0.15, 0.2) is 72.1 Å². The van der Waals surface area contributed by atoms with Crippen LogP contribution in [-0.2, 0) is 0 Å². The monoisotopic (exact) mass is 401 g/mol. The molecule has 0 radical (unpaired) electrons. The Morgan fingerprint density at radius 3 is 2.70 bits per heavy atom. The van der Waals surface area contributed by atoms with Gasteiger partial charge in [0.2, 0.25) is 6.23 Å². The van der Waals surface area contributed by atoms with Crippen LogP contribution >= 0.6 is 0 Å². The topological polar surface area (TPSA) is 56.2 Å². The third-order valence-corrected chi connectivity index (χ3v) is 5.47. The van der Waals surface area contributed by atoms with Crippen LogP contribution in [0.2, 0.25) is 0 Å². The molecule has 3 heterocycles. The van der Waals surface area contributed by atoms with Gasteiger partial charge in [-0.15, -0.1) is 0 Å². The van der Waals surface area contributed by atoms with Crippen LogP contribution in [0.1, 0.15) is 42.3 Å². The van der Waals surface area contributed by atoms with E-state index in [1.165, 1.54) is 0 Å². The quantitative estimate of drug-likeness (QED) is 0.619. The first-order valence-corrected chi connectivity index (χ1v) is 10.1. The van der Waals surface area contributed by atoms with Gasteiger partial charge in [-0.2, -0.15) is 5.10 Å². The van der Waals surface area contributed by atoms with E-state index in [9.17, 15) is 0 Å². The normalized spacial score (nSPS) is 19.4. The highest BCUT2D eigenvalue weighted by molar-refractivity contribution is 6.02. The molecule has 0 N–H and O–H groups in total. The maximum Gasteiger partial charge on any atom is 0.215 e. The minimum absolute atomic E-state index is 0.0662. The third-order valence-electron chi connectivity index (χ3n) is 5.47. The second-order valence-corrected chi connectivity index (χ2v) is 7.24. The molecule has 0 aliphatic carbocycles. The number of benzene rings is 2. The molecule has 3 aromatic rings. The van der Waals surface area contributed by atoms with E-state index in [0.29, 0.717) is 6.61 Å². The summed E-state index contributed by atoms with van der Waals surface area (Å²) in [5, 5.41) is 7.03. The number of nitrogens with zero attached hydrogens (tertiary/aromatic N) is 3. The van der Waals surface area contributed by atoms with E-state index >= 15 is 0 Å². The predicted octanol–water partition coefficient (Wildman–Crippen LogP) is 4.73. The molecular weight excluding hydrogens is 378 g/mol. The highest BCUT2D eigenvalue weighted by Gasteiger charge is 2.42. The largest absolute Gasteiger partial charge is 0.497 e. The summed E-state index contributed by atoms with van der Waals surface area (Å²) < 4.78 is 17.6. The van der Waals surface area contributed by atoms with E-state index in [4.69, 9.17) is 19.3 Å². The van der Waals surface area contributed by atoms with Crippen molar-refractivity contribution in [3.05, 3.63) is 83.7 Å². The first kappa shape index (κ1) is 18.5. The molecule has 0 unspecified atom stereocenters. The molecule has 2 aromatic carbocycles. The third kappa shape index (κ3) is 3.14. The van der Waals surface area contributed by atoms with Crippen molar-refractivity contribution in [3.8, 4) is 17.2 Å². The van der Waals surface area contributed by atoms with Crippen molar-refractivity contribution in [2.24, 2.45) is 5.10 Å². The molecule has 0 amide bonds. The number of hydrogen-bond acceptors (Lipinski definition) is 6. The van der Waals surface area contributed by atoms with Gasteiger partial charge in [-0.25, -0.2) is 5.01 Å². The van der Waals surface area contributed by atoms with Crippen LogP contribution in [0, 0.1) is 0 Å². The average molecular weight is 401 g/mol. The van der Waals surface area contributed by atoms with Gasteiger partial charge in [-0.3, -0.25) is 4.98 Å². The maximum absolute atomic E-state index is 6.47. The maximum atomic E-state index is 6.47. The molecule has 30 heavy (non-hydrogen) atoms. The fourth-order valence-corrected chi connectivity index (χ4v) is 4.05. The zero-order valence-corrected chi connectivity index (χ0v) is 17.0. The molecule has 0 spiro atoms. The number of hydrogen-bond donors (Lipinski definition) is 0. The van der Waals surface area contributed by atoms with Crippen molar-refractivity contribution in [1.29, 1.82) is 0 Å². The molecule has 2 atom stereocenters. The molecule has 0 saturated carbocycles. The van der Waals surface area contributed by atoms with Crippen molar-refractivity contribution < 1.29 is 14.2 Å². The molecule has 6 heteroatoms. The van der Waals surface area contributed by atoms with Gasteiger partial charge in [-0.05, 0) is 48.9 Å². The molecule has 0 saturated heterocycles. The van der Waals surface area contributed by atoms with E-state index in [0.717, 1.165) is 46.1 Å².